The van der Waals surface area contributed by atoms with Gasteiger partial charge in [0.25, 0.3) is 5.91 Å². The lowest BCUT2D eigenvalue weighted by Gasteiger charge is -2.07. The van der Waals surface area contributed by atoms with E-state index in [0.717, 1.165) is 23.1 Å². The Bertz CT molecular complexity index is 1360. The quantitative estimate of drug-likeness (QED) is 0.504. The SMILES string of the molecule is Cc1cccc(-c2nn(-c3ccccc3)cc2C(=O)Nc2cccc(S(C)(=O)=O)c2)c1. The largest absolute Gasteiger partial charge is 0.322 e. The minimum Gasteiger partial charge on any atom is -0.322 e. The topological polar surface area (TPSA) is 81.1 Å². The van der Waals surface area contributed by atoms with Crippen molar-refractivity contribution in [2.24, 2.45) is 0 Å². The molecule has 7 heteroatoms. The Morgan fingerprint density at radius 3 is 2.39 bits per heavy atom. The molecule has 0 atom stereocenters. The molecule has 1 amide bonds. The fraction of sp³-hybridized carbons (Fsp3) is 0.0833. The van der Waals surface area contributed by atoms with Crippen molar-refractivity contribution in [3.63, 3.8) is 0 Å². The number of aryl methyl sites for hydroxylation is 1. The second-order valence-electron chi connectivity index (χ2n) is 7.30. The number of sulfone groups is 1. The molecular weight excluding hydrogens is 410 g/mol. The number of rotatable bonds is 5. The number of para-hydroxylation sites is 1. The Balaban J connectivity index is 1.76. The summed E-state index contributed by atoms with van der Waals surface area (Å²) in [7, 11) is -3.38. The lowest BCUT2D eigenvalue weighted by molar-refractivity contribution is 0.102. The van der Waals surface area contributed by atoms with Gasteiger partial charge in [0.05, 0.1) is 16.1 Å². The number of nitrogens with zero attached hydrogens (tertiary/aromatic N) is 2. The molecule has 0 saturated heterocycles. The Labute approximate surface area is 181 Å². The van der Waals surface area contributed by atoms with Crippen molar-refractivity contribution in [1.82, 2.24) is 9.78 Å². The van der Waals surface area contributed by atoms with Crippen molar-refractivity contribution in [2.45, 2.75) is 11.8 Å². The van der Waals surface area contributed by atoms with Crippen molar-refractivity contribution < 1.29 is 13.2 Å². The highest BCUT2D eigenvalue weighted by Gasteiger charge is 2.19. The third kappa shape index (κ3) is 4.57. The van der Waals surface area contributed by atoms with Crippen molar-refractivity contribution in [1.29, 1.82) is 0 Å². The Kier molecular flexibility index (Phi) is 5.44. The highest BCUT2D eigenvalue weighted by Crippen LogP contribution is 2.26. The molecule has 0 bridgehead atoms. The van der Waals surface area contributed by atoms with E-state index < -0.39 is 9.84 Å². The van der Waals surface area contributed by atoms with Crippen LogP contribution in [0.5, 0.6) is 0 Å². The van der Waals surface area contributed by atoms with Gasteiger partial charge < -0.3 is 5.32 Å². The van der Waals surface area contributed by atoms with Gasteiger partial charge in [-0.2, -0.15) is 5.10 Å². The van der Waals surface area contributed by atoms with E-state index in [-0.39, 0.29) is 10.8 Å². The predicted molar refractivity (Wildman–Crippen MR) is 121 cm³/mol. The summed E-state index contributed by atoms with van der Waals surface area (Å²) in [5.74, 6) is -0.371. The van der Waals surface area contributed by atoms with Crippen LogP contribution >= 0.6 is 0 Å². The molecule has 0 spiro atoms. The third-order valence-corrected chi connectivity index (χ3v) is 5.90. The van der Waals surface area contributed by atoms with Crippen LogP contribution in [0.25, 0.3) is 16.9 Å². The number of carbonyl (C=O) groups is 1. The highest BCUT2D eigenvalue weighted by molar-refractivity contribution is 7.90. The average molecular weight is 432 g/mol. The van der Waals surface area contributed by atoms with Gasteiger partial charge in [-0.25, -0.2) is 13.1 Å². The van der Waals surface area contributed by atoms with Gasteiger partial charge in [0.1, 0.15) is 5.69 Å². The van der Waals surface area contributed by atoms with Crippen LogP contribution in [0.3, 0.4) is 0 Å². The number of anilines is 1. The normalized spacial score (nSPS) is 11.3. The van der Waals surface area contributed by atoms with Crippen LogP contribution in [0.4, 0.5) is 5.69 Å². The lowest BCUT2D eigenvalue weighted by Crippen LogP contribution is -2.12. The molecule has 1 heterocycles. The van der Waals surface area contributed by atoms with Crippen LogP contribution < -0.4 is 5.32 Å². The zero-order chi connectivity index (χ0) is 22.0. The van der Waals surface area contributed by atoms with Crippen LogP contribution in [-0.4, -0.2) is 30.4 Å². The molecule has 0 fully saturated rings. The van der Waals surface area contributed by atoms with Gasteiger partial charge in [-0.1, -0.05) is 48.0 Å². The zero-order valence-electron chi connectivity index (χ0n) is 17.1. The minimum absolute atomic E-state index is 0.143. The molecule has 0 unspecified atom stereocenters. The van der Waals surface area contributed by atoms with E-state index in [1.807, 2.05) is 61.5 Å². The molecule has 4 aromatic rings. The molecule has 6 nitrogen and oxygen atoms in total. The van der Waals surface area contributed by atoms with E-state index in [1.54, 1.807) is 23.0 Å². The van der Waals surface area contributed by atoms with Crippen LogP contribution in [0, 0.1) is 6.92 Å². The lowest BCUT2D eigenvalue weighted by atomic mass is 10.1. The van der Waals surface area contributed by atoms with Crippen molar-refractivity contribution in [2.75, 3.05) is 11.6 Å². The van der Waals surface area contributed by atoms with Crippen LogP contribution in [0.2, 0.25) is 0 Å². The molecule has 0 aliphatic heterocycles. The first-order chi connectivity index (χ1) is 14.8. The third-order valence-electron chi connectivity index (χ3n) is 4.79. The van der Waals surface area contributed by atoms with Gasteiger partial charge in [-0.05, 0) is 43.3 Å². The fourth-order valence-electron chi connectivity index (χ4n) is 3.26. The second kappa shape index (κ2) is 8.20. The maximum absolute atomic E-state index is 13.2. The molecular formula is C24H21N3O3S. The summed E-state index contributed by atoms with van der Waals surface area (Å²) < 4.78 is 25.4. The van der Waals surface area contributed by atoms with Gasteiger partial charge in [-0.3, -0.25) is 4.79 Å². The minimum atomic E-state index is -3.38. The van der Waals surface area contributed by atoms with E-state index in [2.05, 4.69) is 10.4 Å². The number of aromatic nitrogens is 2. The van der Waals surface area contributed by atoms with Crippen LogP contribution in [0.1, 0.15) is 15.9 Å². The van der Waals surface area contributed by atoms with Crippen LogP contribution in [-0.2, 0) is 9.84 Å². The highest BCUT2D eigenvalue weighted by atomic mass is 32.2. The number of benzene rings is 3. The molecule has 0 radical (unpaired) electrons. The van der Waals surface area contributed by atoms with Crippen molar-refractivity contribution in [3.05, 3.63) is 96.2 Å². The first kappa shape index (κ1) is 20.6. The first-order valence-corrected chi connectivity index (χ1v) is 11.5. The van der Waals surface area contributed by atoms with E-state index in [0.29, 0.717) is 16.9 Å². The smallest absolute Gasteiger partial charge is 0.259 e. The second-order valence-corrected chi connectivity index (χ2v) is 9.31. The van der Waals surface area contributed by atoms with Gasteiger partial charge in [-0.15, -0.1) is 0 Å². The van der Waals surface area contributed by atoms with Gasteiger partial charge in [0, 0.05) is 23.7 Å². The summed E-state index contributed by atoms with van der Waals surface area (Å²) in [6, 6.07) is 23.5. The summed E-state index contributed by atoms with van der Waals surface area (Å²) in [6.45, 7) is 1.98. The summed E-state index contributed by atoms with van der Waals surface area (Å²) >= 11 is 0. The summed E-state index contributed by atoms with van der Waals surface area (Å²) in [6.07, 6.45) is 2.82. The number of amides is 1. The van der Waals surface area contributed by atoms with Gasteiger partial charge in [0.15, 0.2) is 9.84 Å². The first-order valence-electron chi connectivity index (χ1n) is 9.65. The Hall–Kier alpha value is -3.71. The van der Waals surface area contributed by atoms with E-state index in [4.69, 9.17) is 0 Å². The maximum Gasteiger partial charge on any atom is 0.259 e. The number of carbonyl (C=O) groups excluding carboxylic acids is 1. The summed E-state index contributed by atoms with van der Waals surface area (Å²) in [4.78, 5) is 13.3. The van der Waals surface area contributed by atoms with Crippen molar-refractivity contribution >= 4 is 21.4 Å². The average Bonchev–Trinajstić information content (AvgIpc) is 3.20. The molecule has 3 aromatic carbocycles. The Morgan fingerprint density at radius 2 is 1.68 bits per heavy atom. The zero-order valence-corrected chi connectivity index (χ0v) is 17.9. The van der Waals surface area contributed by atoms with Crippen LogP contribution in [0.15, 0.2) is 90.0 Å². The van der Waals surface area contributed by atoms with E-state index in [1.165, 1.54) is 12.1 Å². The maximum atomic E-state index is 13.2. The number of hydrogen-bond donors (Lipinski definition) is 1. The molecule has 1 N–H and O–H groups in total. The summed E-state index contributed by atoms with van der Waals surface area (Å²) in [5.41, 5.74) is 4.04. The van der Waals surface area contributed by atoms with Gasteiger partial charge in [0.2, 0.25) is 0 Å². The number of hydrogen-bond acceptors (Lipinski definition) is 4. The molecule has 0 saturated carbocycles. The number of nitrogens with one attached hydrogen (secondary N) is 1. The standard InChI is InChI=1S/C24H21N3O3S/c1-17-8-6-9-18(14-17)23-22(16-27(26-23)20-11-4-3-5-12-20)24(28)25-19-10-7-13-21(15-19)31(2,29)30/h3-16H,1-2H3,(H,25,28). The fourth-order valence-corrected chi connectivity index (χ4v) is 3.93. The molecule has 0 aliphatic carbocycles. The van der Waals surface area contributed by atoms with E-state index >= 15 is 0 Å². The van der Waals surface area contributed by atoms with E-state index in [9.17, 15) is 13.2 Å². The Morgan fingerprint density at radius 1 is 0.935 bits per heavy atom. The molecule has 31 heavy (non-hydrogen) atoms. The van der Waals surface area contributed by atoms with Gasteiger partial charge >= 0.3 is 0 Å². The molecule has 156 valence electrons. The monoisotopic (exact) mass is 431 g/mol. The molecule has 0 aliphatic rings. The molecule has 4 rings (SSSR count). The summed E-state index contributed by atoms with van der Waals surface area (Å²) in [5, 5.41) is 7.47. The molecule has 1 aromatic heterocycles. The van der Waals surface area contributed by atoms with Crippen molar-refractivity contribution in [3.8, 4) is 16.9 Å². The predicted octanol–water partition coefficient (Wildman–Crippen LogP) is 4.50.